The molecule has 1 aliphatic heterocycles. The van der Waals surface area contributed by atoms with Crippen molar-refractivity contribution < 1.29 is 43.2 Å². The molecule has 1 heterocycles. The van der Waals surface area contributed by atoms with Gasteiger partial charge >= 0.3 is 17.9 Å². The van der Waals surface area contributed by atoms with Crippen LogP contribution in [-0.4, -0.2) is 60.3 Å². The van der Waals surface area contributed by atoms with Gasteiger partial charge in [-0.05, 0) is 16.7 Å². The van der Waals surface area contributed by atoms with Crippen LogP contribution in [0.3, 0.4) is 0 Å². The Labute approximate surface area is 251 Å². The fourth-order valence-electron chi connectivity index (χ4n) is 5.11. The highest BCUT2D eigenvalue weighted by molar-refractivity contribution is 5.71. The van der Waals surface area contributed by atoms with Crippen LogP contribution in [0.1, 0.15) is 56.7 Å². The van der Waals surface area contributed by atoms with E-state index in [1.165, 1.54) is 0 Å². The van der Waals surface area contributed by atoms with Crippen LogP contribution in [-0.2, 0) is 43.7 Å². The van der Waals surface area contributed by atoms with Gasteiger partial charge in [-0.25, -0.2) is 0 Å². The summed E-state index contributed by atoms with van der Waals surface area (Å²) in [6.45, 7) is 4.62. The third-order valence-corrected chi connectivity index (χ3v) is 7.28. The number of ether oxygens (including phenoxy) is 5. The molecule has 1 N–H and O–H groups in total. The van der Waals surface area contributed by atoms with Crippen LogP contribution in [0.5, 0.6) is 0 Å². The normalized spacial score (nSPS) is 21.9. The number of carbonyl (C=O) groups is 3. The van der Waals surface area contributed by atoms with Gasteiger partial charge in [0.15, 0.2) is 24.6 Å². The second kappa shape index (κ2) is 14.9. The molecule has 4 rings (SSSR count). The molecule has 0 aliphatic carbocycles. The van der Waals surface area contributed by atoms with E-state index in [9.17, 15) is 19.5 Å². The third kappa shape index (κ3) is 7.30. The predicted molar refractivity (Wildman–Crippen MR) is 157 cm³/mol. The largest absolute Gasteiger partial charge is 0.455 e. The maximum Gasteiger partial charge on any atom is 0.306 e. The summed E-state index contributed by atoms with van der Waals surface area (Å²) in [6.07, 6.45) is -6.74. The van der Waals surface area contributed by atoms with Gasteiger partial charge < -0.3 is 28.8 Å². The van der Waals surface area contributed by atoms with Crippen LogP contribution < -0.4 is 0 Å². The Kier molecular flexibility index (Phi) is 11.1. The van der Waals surface area contributed by atoms with E-state index in [1.54, 1.807) is 20.8 Å². The van der Waals surface area contributed by atoms with Gasteiger partial charge in [0.1, 0.15) is 11.7 Å². The van der Waals surface area contributed by atoms with Crippen LogP contribution >= 0.6 is 0 Å². The van der Waals surface area contributed by atoms with Crippen molar-refractivity contribution in [3.8, 4) is 0 Å². The highest BCUT2D eigenvalue weighted by atomic mass is 16.7. The molecule has 1 fully saturated rings. The van der Waals surface area contributed by atoms with E-state index in [1.807, 2.05) is 91.0 Å². The summed E-state index contributed by atoms with van der Waals surface area (Å²) in [6, 6.07) is 29.0. The first-order chi connectivity index (χ1) is 20.8. The van der Waals surface area contributed by atoms with Crippen molar-refractivity contribution in [3.63, 3.8) is 0 Å². The first-order valence-corrected chi connectivity index (χ1v) is 14.6. The maximum absolute atomic E-state index is 12.6. The van der Waals surface area contributed by atoms with E-state index in [2.05, 4.69) is 0 Å². The summed E-state index contributed by atoms with van der Waals surface area (Å²) in [5, 5.41) is 11.0. The molecule has 0 spiro atoms. The van der Waals surface area contributed by atoms with Crippen LogP contribution in [0.25, 0.3) is 0 Å². The number of hydrogen-bond donors (Lipinski definition) is 1. The topological polar surface area (TPSA) is 118 Å². The molecule has 0 radical (unpaired) electrons. The minimum Gasteiger partial charge on any atom is -0.455 e. The molecule has 9 nitrogen and oxygen atoms in total. The van der Waals surface area contributed by atoms with Gasteiger partial charge in [0.2, 0.25) is 0 Å². The van der Waals surface area contributed by atoms with Crippen molar-refractivity contribution in [2.75, 3.05) is 6.61 Å². The molecule has 1 saturated heterocycles. The third-order valence-electron chi connectivity index (χ3n) is 7.28. The van der Waals surface area contributed by atoms with Crippen molar-refractivity contribution in [1.82, 2.24) is 0 Å². The average Bonchev–Trinajstić information content (AvgIpc) is 3.05. The summed E-state index contributed by atoms with van der Waals surface area (Å²) in [7, 11) is 0. The summed E-state index contributed by atoms with van der Waals surface area (Å²) in [5.74, 6) is -1.86. The quantitative estimate of drug-likeness (QED) is 0.182. The highest BCUT2D eigenvalue weighted by Crippen LogP contribution is 2.41. The van der Waals surface area contributed by atoms with Crippen molar-refractivity contribution in [1.29, 1.82) is 0 Å². The molecule has 0 unspecified atom stereocenters. The maximum atomic E-state index is 12.6. The number of hydrogen-bond acceptors (Lipinski definition) is 9. The summed E-state index contributed by atoms with van der Waals surface area (Å²) >= 11 is 0. The average molecular weight is 591 g/mol. The predicted octanol–water partition coefficient (Wildman–Crippen LogP) is 4.68. The van der Waals surface area contributed by atoms with Gasteiger partial charge in [0.05, 0.1) is 6.61 Å². The second-order valence-electron chi connectivity index (χ2n) is 10.1. The number of aliphatic hydroxyl groups is 1. The zero-order valence-corrected chi connectivity index (χ0v) is 24.6. The SMILES string of the molecule is CCC(=O)O[C@@H]1[C@@H](OC(=O)CC)[C@H](O)O[C@H](COC(c2ccccc2)(c2ccccc2)c2ccccc2)[C@H]1OC(=O)CC. The van der Waals surface area contributed by atoms with Crippen LogP contribution in [0.4, 0.5) is 0 Å². The van der Waals surface area contributed by atoms with Crippen molar-refractivity contribution in [3.05, 3.63) is 108 Å². The van der Waals surface area contributed by atoms with Gasteiger partial charge in [0.25, 0.3) is 0 Å². The molecule has 3 aromatic carbocycles. The van der Waals surface area contributed by atoms with Crippen LogP contribution in [0.2, 0.25) is 0 Å². The minimum absolute atomic E-state index is 0.0106. The first-order valence-electron chi connectivity index (χ1n) is 14.6. The van der Waals surface area contributed by atoms with E-state index in [0.29, 0.717) is 0 Å². The number of benzene rings is 3. The molecule has 0 aromatic heterocycles. The Bertz CT molecular complexity index is 1230. The minimum atomic E-state index is -1.69. The summed E-state index contributed by atoms with van der Waals surface area (Å²) in [4.78, 5) is 37.4. The monoisotopic (exact) mass is 590 g/mol. The molecular formula is C34H38O9. The zero-order valence-electron chi connectivity index (χ0n) is 24.6. The fourth-order valence-corrected chi connectivity index (χ4v) is 5.11. The van der Waals surface area contributed by atoms with E-state index in [-0.39, 0.29) is 25.9 Å². The fraction of sp³-hybridized carbons (Fsp3) is 0.382. The zero-order chi connectivity index (χ0) is 30.8. The molecule has 1 aliphatic rings. The van der Waals surface area contributed by atoms with E-state index >= 15 is 0 Å². The van der Waals surface area contributed by atoms with Gasteiger partial charge in [-0.3, -0.25) is 14.4 Å². The Hall–Kier alpha value is -4.05. The molecular weight excluding hydrogens is 552 g/mol. The Morgan fingerprint density at radius 3 is 1.40 bits per heavy atom. The molecule has 0 saturated carbocycles. The van der Waals surface area contributed by atoms with Crippen molar-refractivity contribution in [2.45, 2.75) is 76.3 Å². The van der Waals surface area contributed by atoms with Gasteiger partial charge in [-0.1, -0.05) is 112 Å². The Balaban J connectivity index is 1.79. The molecule has 0 bridgehead atoms. The molecule has 0 amide bonds. The van der Waals surface area contributed by atoms with Gasteiger partial charge in [-0.2, -0.15) is 0 Å². The van der Waals surface area contributed by atoms with Crippen molar-refractivity contribution in [2.24, 2.45) is 0 Å². The molecule has 5 atom stereocenters. The van der Waals surface area contributed by atoms with E-state index < -0.39 is 54.2 Å². The molecule has 9 heteroatoms. The lowest BCUT2D eigenvalue weighted by Gasteiger charge is -2.44. The molecule has 43 heavy (non-hydrogen) atoms. The molecule has 3 aromatic rings. The smallest absolute Gasteiger partial charge is 0.306 e. The van der Waals surface area contributed by atoms with Crippen molar-refractivity contribution >= 4 is 17.9 Å². The Morgan fingerprint density at radius 2 is 1.00 bits per heavy atom. The molecule has 228 valence electrons. The number of rotatable bonds is 12. The first kappa shape index (κ1) is 31.9. The number of carbonyl (C=O) groups excluding carboxylic acids is 3. The summed E-state index contributed by atoms with van der Waals surface area (Å²) < 4.78 is 29.7. The lowest BCUT2D eigenvalue weighted by atomic mass is 9.80. The lowest BCUT2D eigenvalue weighted by Crippen LogP contribution is -2.62. The van der Waals surface area contributed by atoms with Crippen LogP contribution in [0, 0.1) is 0 Å². The van der Waals surface area contributed by atoms with E-state index in [4.69, 9.17) is 23.7 Å². The van der Waals surface area contributed by atoms with Crippen LogP contribution in [0.15, 0.2) is 91.0 Å². The summed E-state index contributed by atoms with van der Waals surface area (Å²) in [5.41, 5.74) is 1.34. The number of aliphatic hydroxyl groups excluding tert-OH is 1. The Morgan fingerprint density at radius 1 is 0.628 bits per heavy atom. The van der Waals surface area contributed by atoms with E-state index in [0.717, 1.165) is 16.7 Å². The van der Waals surface area contributed by atoms with Gasteiger partial charge in [0, 0.05) is 19.3 Å². The standard InChI is InChI=1S/C34H38O9/c1-4-27(35)41-30-26(40-33(38)32(43-29(37)6-3)31(30)42-28(36)5-2)22-39-34(23-16-10-7-11-17-23,24-18-12-8-13-19-24)25-20-14-9-15-21-25/h7-21,26,30-33,38H,4-6,22H2,1-3H3/t26-,30-,31+,32-,33-/m1/s1. The lowest BCUT2D eigenvalue weighted by molar-refractivity contribution is -0.300. The second-order valence-corrected chi connectivity index (χ2v) is 10.1. The van der Waals surface area contributed by atoms with Gasteiger partial charge in [-0.15, -0.1) is 0 Å². The number of esters is 3. The highest BCUT2D eigenvalue weighted by Gasteiger charge is 2.52.